The van der Waals surface area contributed by atoms with E-state index in [2.05, 4.69) is 23.4 Å². The molecule has 0 aliphatic heterocycles. The standard InChI is InChI=1S/C11H12N2S2/c1-8-7-13(11(14)12-8)9-5-3-4-6-10(9)15-2/h3-7H,1-2H3,(H,12,14). The zero-order valence-corrected chi connectivity index (χ0v) is 10.3. The highest BCUT2D eigenvalue weighted by Crippen LogP contribution is 2.23. The lowest BCUT2D eigenvalue weighted by Crippen LogP contribution is -1.93. The molecule has 0 saturated heterocycles. The smallest absolute Gasteiger partial charge is 0.182 e. The molecular formula is C11H12N2S2. The van der Waals surface area contributed by atoms with Gasteiger partial charge in [0.25, 0.3) is 0 Å². The summed E-state index contributed by atoms with van der Waals surface area (Å²) in [6.45, 7) is 2.01. The zero-order valence-electron chi connectivity index (χ0n) is 8.65. The van der Waals surface area contributed by atoms with Gasteiger partial charge in [0.15, 0.2) is 4.77 Å². The van der Waals surface area contributed by atoms with Crippen molar-refractivity contribution in [2.75, 3.05) is 6.26 Å². The largest absolute Gasteiger partial charge is 0.335 e. The molecular weight excluding hydrogens is 224 g/mol. The number of imidazole rings is 1. The Balaban J connectivity index is 2.63. The molecule has 0 spiro atoms. The molecule has 78 valence electrons. The van der Waals surface area contributed by atoms with Crippen molar-refractivity contribution in [1.29, 1.82) is 0 Å². The minimum Gasteiger partial charge on any atom is -0.335 e. The summed E-state index contributed by atoms with van der Waals surface area (Å²) in [5.74, 6) is 0. The molecule has 0 radical (unpaired) electrons. The molecule has 1 N–H and O–H groups in total. The number of hydrogen-bond donors (Lipinski definition) is 1. The van der Waals surface area contributed by atoms with Crippen molar-refractivity contribution in [3.05, 3.63) is 40.9 Å². The van der Waals surface area contributed by atoms with Crippen LogP contribution < -0.4 is 0 Å². The predicted molar refractivity (Wildman–Crippen MR) is 67.5 cm³/mol. The van der Waals surface area contributed by atoms with Crippen LogP contribution in [-0.2, 0) is 0 Å². The molecule has 2 aromatic rings. The Morgan fingerprint density at radius 2 is 2.07 bits per heavy atom. The van der Waals surface area contributed by atoms with Gasteiger partial charge in [-0.2, -0.15) is 0 Å². The first-order chi connectivity index (χ1) is 7.22. The van der Waals surface area contributed by atoms with Crippen molar-refractivity contribution in [3.8, 4) is 5.69 Å². The SMILES string of the molecule is CSc1ccccc1-n1cc(C)[nH]c1=S. The number of hydrogen-bond acceptors (Lipinski definition) is 2. The Morgan fingerprint density at radius 3 is 2.67 bits per heavy atom. The molecule has 0 bridgehead atoms. The van der Waals surface area contributed by atoms with Gasteiger partial charge in [0.1, 0.15) is 0 Å². The van der Waals surface area contributed by atoms with Crippen LogP contribution in [0, 0.1) is 11.7 Å². The minimum absolute atomic E-state index is 0.744. The van der Waals surface area contributed by atoms with Crippen molar-refractivity contribution >= 4 is 24.0 Å². The first-order valence-electron chi connectivity index (χ1n) is 4.64. The molecule has 1 aromatic carbocycles. The second-order valence-electron chi connectivity index (χ2n) is 3.28. The maximum Gasteiger partial charge on any atom is 0.182 e. The van der Waals surface area contributed by atoms with Gasteiger partial charge in [-0.15, -0.1) is 11.8 Å². The maximum absolute atomic E-state index is 5.26. The third kappa shape index (κ3) is 2.01. The van der Waals surface area contributed by atoms with E-state index in [9.17, 15) is 0 Å². The predicted octanol–water partition coefficient (Wildman–Crippen LogP) is 3.57. The van der Waals surface area contributed by atoms with E-state index >= 15 is 0 Å². The van der Waals surface area contributed by atoms with Crippen LogP contribution in [0.1, 0.15) is 5.69 Å². The third-order valence-corrected chi connectivity index (χ3v) is 3.27. The summed E-state index contributed by atoms with van der Waals surface area (Å²) in [6.07, 6.45) is 4.10. The van der Waals surface area contributed by atoms with Crippen LogP contribution in [0.25, 0.3) is 5.69 Å². The van der Waals surface area contributed by atoms with Crippen molar-refractivity contribution in [3.63, 3.8) is 0 Å². The van der Waals surface area contributed by atoms with Gasteiger partial charge in [0.05, 0.1) is 5.69 Å². The van der Waals surface area contributed by atoms with Gasteiger partial charge in [0, 0.05) is 16.8 Å². The summed E-state index contributed by atoms with van der Waals surface area (Å²) < 4.78 is 2.75. The summed E-state index contributed by atoms with van der Waals surface area (Å²) in [4.78, 5) is 4.36. The molecule has 0 atom stereocenters. The molecule has 0 unspecified atom stereocenters. The van der Waals surface area contributed by atoms with E-state index in [1.54, 1.807) is 11.8 Å². The normalized spacial score (nSPS) is 10.5. The van der Waals surface area contributed by atoms with E-state index in [0.717, 1.165) is 16.2 Å². The summed E-state index contributed by atoms with van der Waals surface area (Å²) in [5.41, 5.74) is 2.22. The van der Waals surface area contributed by atoms with Gasteiger partial charge in [-0.1, -0.05) is 12.1 Å². The van der Waals surface area contributed by atoms with Crippen LogP contribution in [0.4, 0.5) is 0 Å². The van der Waals surface area contributed by atoms with E-state index in [1.807, 2.05) is 29.8 Å². The molecule has 0 aliphatic rings. The van der Waals surface area contributed by atoms with Crippen molar-refractivity contribution in [2.24, 2.45) is 0 Å². The number of H-pyrrole nitrogens is 1. The molecule has 4 heteroatoms. The first kappa shape index (κ1) is 10.5. The molecule has 0 amide bonds. The monoisotopic (exact) mass is 236 g/mol. The highest BCUT2D eigenvalue weighted by molar-refractivity contribution is 7.98. The zero-order chi connectivity index (χ0) is 10.8. The number of benzene rings is 1. The average molecular weight is 236 g/mol. The summed E-state index contributed by atoms with van der Waals surface area (Å²) in [6, 6.07) is 8.25. The fraction of sp³-hybridized carbons (Fsp3) is 0.182. The quantitative estimate of drug-likeness (QED) is 0.635. The van der Waals surface area contributed by atoms with Crippen molar-refractivity contribution < 1.29 is 0 Å². The number of para-hydroxylation sites is 1. The lowest BCUT2D eigenvalue weighted by atomic mass is 10.3. The van der Waals surface area contributed by atoms with E-state index in [0.29, 0.717) is 0 Å². The number of aryl methyl sites for hydroxylation is 1. The van der Waals surface area contributed by atoms with Crippen molar-refractivity contribution in [2.45, 2.75) is 11.8 Å². The number of rotatable bonds is 2. The second kappa shape index (κ2) is 4.24. The molecule has 0 aliphatic carbocycles. The van der Waals surface area contributed by atoms with E-state index < -0.39 is 0 Å². The number of thioether (sulfide) groups is 1. The number of nitrogens with zero attached hydrogens (tertiary/aromatic N) is 1. The molecule has 2 rings (SSSR count). The molecule has 1 heterocycles. The van der Waals surface area contributed by atoms with Crippen LogP contribution in [0.2, 0.25) is 0 Å². The van der Waals surface area contributed by atoms with E-state index in [1.165, 1.54) is 4.90 Å². The summed E-state index contributed by atoms with van der Waals surface area (Å²) in [5, 5.41) is 0. The van der Waals surface area contributed by atoms with Crippen LogP contribution in [-0.4, -0.2) is 15.8 Å². The second-order valence-corrected chi connectivity index (χ2v) is 4.52. The van der Waals surface area contributed by atoms with Gasteiger partial charge in [-0.25, -0.2) is 0 Å². The minimum atomic E-state index is 0.744. The number of nitrogens with one attached hydrogen (secondary N) is 1. The highest BCUT2D eigenvalue weighted by atomic mass is 32.2. The van der Waals surface area contributed by atoms with Crippen LogP contribution in [0.15, 0.2) is 35.4 Å². The van der Waals surface area contributed by atoms with Crippen LogP contribution >= 0.6 is 24.0 Å². The molecule has 2 nitrogen and oxygen atoms in total. The van der Waals surface area contributed by atoms with Gasteiger partial charge >= 0.3 is 0 Å². The molecule has 0 fully saturated rings. The Bertz CT molecular complexity index is 525. The summed E-state index contributed by atoms with van der Waals surface area (Å²) in [7, 11) is 0. The van der Waals surface area contributed by atoms with E-state index in [-0.39, 0.29) is 0 Å². The molecule has 15 heavy (non-hydrogen) atoms. The maximum atomic E-state index is 5.26. The lowest BCUT2D eigenvalue weighted by molar-refractivity contribution is 1.00. The lowest BCUT2D eigenvalue weighted by Gasteiger charge is -2.07. The average Bonchev–Trinajstić information content (AvgIpc) is 2.57. The Kier molecular flexibility index (Phi) is 2.98. The molecule has 1 aromatic heterocycles. The van der Waals surface area contributed by atoms with Gasteiger partial charge in [-0.05, 0) is 37.5 Å². The molecule has 0 saturated carbocycles. The third-order valence-electron chi connectivity index (χ3n) is 2.19. The first-order valence-corrected chi connectivity index (χ1v) is 6.27. The topological polar surface area (TPSA) is 20.7 Å². The number of aromatic amines is 1. The summed E-state index contributed by atoms with van der Waals surface area (Å²) >= 11 is 6.99. The van der Waals surface area contributed by atoms with Crippen LogP contribution in [0.5, 0.6) is 0 Å². The van der Waals surface area contributed by atoms with Crippen molar-refractivity contribution in [1.82, 2.24) is 9.55 Å². The highest BCUT2D eigenvalue weighted by Gasteiger charge is 2.04. The Labute approximate surface area is 98.3 Å². The fourth-order valence-electron chi connectivity index (χ4n) is 1.52. The number of aromatic nitrogens is 2. The fourth-order valence-corrected chi connectivity index (χ4v) is 2.42. The van der Waals surface area contributed by atoms with Gasteiger partial charge < -0.3 is 4.98 Å². The Hall–Kier alpha value is -1.00. The van der Waals surface area contributed by atoms with Crippen LogP contribution in [0.3, 0.4) is 0 Å². The van der Waals surface area contributed by atoms with Gasteiger partial charge in [-0.3, -0.25) is 4.57 Å². The van der Waals surface area contributed by atoms with Gasteiger partial charge in [0.2, 0.25) is 0 Å². The Morgan fingerprint density at radius 1 is 1.33 bits per heavy atom. The van der Waals surface area contributed by atoms with E-state index in [4.69, 9.17) is 12.2 Å².